The third-order valence-corrected chi connectivity index (χ3v) is 2.56. The smallest absolute Gasteiger partial charge is 0.271 e. The van der Waals surface area contributed by atoms with Gasteiger partial charge in [0.2, 0.25) is 0 Å². The second-order valence-electron chi connectivity index (χ2n) is 3.55. The summed E-state index contributed by atoms with van der Waals surface area (Å²) in [5.74, 6) is 0.209. The SMILES string of the molecule is O=C(c1cnc[nH]1)N1CC[C@@H](CO)C1. The minimum atomic E-state index is -0.0292. The van der Waals surface area contributed by atoms with Crippen LogP contribution in [0.3, 0.4) is 0 Å². The Hall–Kier alpha value is -1.36. The van der Waals surface area contributed by atoms with Crippen LogP contribution in [0.2, 0.25) is 0 Å². The normalized spacial score (nSPS) is 21.5. The predicted octanol–water partition coefficient (Wildman–Crippen LogP) is -0.136. The van der Waals surface area contributed by atoms with E-state index in [-0.39, 0.29) is 18.4 Å². The Kier molecular flexibility index (Phi) is 2.49. The molecule has 0 bridgehead atoms. The molecule has 1 aromatic rings. The van der Waals surface area contributed by atoms with Crippen LogP contribution in [-0.2, 0) is 0 Å². The molecule has 0 radical (unpaired) electrons. The third kappa shape index (κ3) is 1.63. The minimum Gasteiger partial charge on any atom is -0.396 e. The van der Waals surface area contributed by atoms with Crippen LogP contribution in [0.5, 0.6) is 0 Å². The number of nitrogens with one attached hydrogen (secondary N) is 1. The maximum atomic E-state index is 11.7. The van der Waals surface area contributed by atoms with Gasteiger partial charge in [0.15, 0.2) is 0 Å². The van der Waals surface area contributed by atoms with Gasteiger partial charge in [-0.25, -0.2) is 4.98 Å². The highest BCUT2D eigenvalue weighted by Crippen LogP contribution is 2.17. The molecule has 2 N–H and O–H groups in total. The summed E-state index contributed by atoms with van der Waals surface area (Å²) in [6, 6.07) is 0. The van der Waals surface area contributed by atoms with Crippen molar-refractivity contribution in [2.75, 3.05) is 19.7 Å². The first-order valence-electron chi connectivity index (χ1n) is 4.69. The molecule has 1 aromatic heterocycles. The summed E-state index contributed by atoms with van der Waals surface area (Å²) in [6.45, 7) is 1.53. The van der Waals surface area contributed by atoms with Gasteiger partial charge in [-0.05, 0) is 6.42 Å². The van der Waals surface area contributed by atoms with Gasteiger partial charge >= 0.3 is 0 Å². The Bertz CT molecular complexity index is 310. The summed E-state index contributed by atoms with van der Waals surface area (Å²) < 4.78 is 0. The van der Waals surface area contributed by atoms with Gasteiger partial charge in [0, 0.05) is 25.6 Å². The molecule has 1 fully saturated rings. The van der Waals surface area contributed by atoms with Crippen molar-refractivity contribution in [2.24, 2.45) is 5.92 Å². The second kappa shape index (κ2) is 3.79. The number of imidazole rings is 1. The first-order valence-corrected chi connectivity index (χ1v) is 4.69. The number of amides is 1. The lowest BCUT2D eigenvalue weighted by atomic mass is 10.1. The van der Waals surface area contributed by atoms with E-state index in [1.165, 1.54) is 12.5 Å². The van der Waals surface area contributed by atoms with Crippen molar-refractivity contribution >= 4 is 5.91 Å². The molecule has 14 heavy (non-hydrogen) atoms. The van der Waals surface area contributed by atoms with Crippen LogP contribution in [0.1, 0.15) is 16.9 Å². The first-order chi connectivity index (χ1) is 6.81. The second-order valence-corrected chi connectivity index (χ2v) is 3.55. The molecule has 76 valence electrons. The first kappa shape index (κ1) is 9.21. The number of rotatable bonds is 2. The number of aromatic nitrogens is 2. The van der Waals surface area contributed by atoms with E-state index in [9.17, 15) is 4.79 Å². The van der Waals surface area contributed by atoms with Crippen LogP contribution < -0.4 is 0 Å². The van der Waals surface area contributed by atoms with E-state index < -0.39 is 0 Å². The quantitative estimate of drug-likeness (QED) is 0.690. The van der Waals surface area contributed by atoms with Crippen LogP contribution in [0, 0.1) is 5.92 Å². The number of H-pyrrole nitrogens is 1. The maximum absolute atomic E-state index is 11.7. The van der Waals surface area contributed by atoms with E-state index in [2.05, 4.69) is 9.97 Å². The number of carbonyl (C=O) groups is 1. The lowest BCUT2D eigenvalue weighted by Crippen LogP contribution is -2.29. The highest BCUT2D eigenvalue weighted by molar-refractivity contribution is 5.92. The Morgan fingerprint density at radius 2 is 2.64 bits per heavy atom. The Balaban J connectivity index is 2.00. The molecule has 5 heteroatoms. The van der Waals surface area contributed by atoms with E-state index in [0.717, 1.165) is 13.0 Å². The Morgan fingerprint density at radius 1 is 1.79 bits per heavy atom. The molecule has 2 heterocycles. The minimum absolute atomic E-state index is 0.0292. The molecule has 1 aliphatic heterocycles. The number of hydrogen-bond donors (Lipinski definition) is 2. The monoisotopic (exact) mass is 195 g/mol. The van der Waals surface area contributed by atoms with Crippen LogP contribution in [0.15, 0.2) is 12.5 Å². The summed E-state index contributed by atoms with van der Waals surface area (Å²) in [6.07, 6.45) is 3.90. The molecule has 1 aliphatic rings. The van der Waals surface area contributed by atoms with Crippen LogP contribution in [0.25, 0.3) is 0 Å². The van der Waals surface area contributed by atoms with Crippen LogP contribution in [0.4, 0.5) is 0 Å². The molecule has 0 aliphatic carbocycles. The zero-order chi connectivity index (χ0) is 9.97. The summed E-state index contributed by atoms with van der Waals surface area (Å²) in [4.78, 5) is 20.1. The fraction of sp³-hybridized carbons (Fsp3) is 0.556. The molecule has 0 aromatic carbocycles. The molecular weight excluding hydrogens is 182 g/mol. The van der Waals surface area contributed by atoms with Gasteiger partial charge in [0.1, 0.15) is 5.69 Å². The molecule has 0 unspecified atom stereocenters. The molecule has 1 amide bonds. The number of aliphatic hydroxyl groups is 1. The summed E-state index contributed by atoms with van der Waals surface area (Å²) >= 11 is 0. The molecule has 0 spiro atoms. The van der Waals surface area contributed by atoms with Crippen molar-refractivity contribution in [1.29, 1.82) is 0 Å². The van der Waals surface area contributed by atoms with E-state index in [1.807, 2.05) is 0 Å². The molecule has 1 saturated heterocycles. The maximum Gasteiger partial charge on any atom is 0.271 e. The average Bonchev–Trinajstić information content (AvgIpc) is 2.88. The fourth-order valence-electron chi connectivity index (χ4n) is 1.71. The number of hydrogen-bond acceptors (Lipinski definition) is 3. The van der Waals surface area contributed by atoms with Crippen LogP contribution in [-0.4, -0.2) is 45.6 Å². The van der Waals surface area contributed by atoms with Gasteiger partial charge < -0.3 is 15.0 Å². The van der Waals surface area contributed by atoms with Crippen molar-refractivity contribution in [3.05, 3.63) is 18.2 Å². The van der Waals surface area contributed by atoms with E-state index in [4.69, 9.17) is 5.11 Å². The highest BCUT2D eigenvalue weighted by atomic mass is 16.3. The van der Waals surface area contributed by atoms with Crippen molar-refractivity contribution < 1.29 is 9.90 Å². The summed E-state index contributed by atoms with van der Waals surface area (Å²) in [5.41, 5.74) is 0.517. The number of aliphatic hydroxyl groups excluding tert-OH is 1. The molecule has 0 saturated carbocycles. The molecule has 5 nitrogen and oxygen atoms in total. The third-order valence-electron chi connectivity index (χ3n) is 2.56. The van der Waals surface area contributed by atoms with E-state index in [1.54, 1.807) is 4.90 Å². The summed E-state index contributed by atoms with van der Waals surface area (Å²) in [5, 5.41) is 8.94. The number of likely N-dealkylation sites (tertiary alicyclic amines) is 1. The zero-order valence-corrected chi connectivity index (χ0v) is 7.81. The molecule has 2 rings (SSSR count). The topological polar surface area (TPSA) is 69.2 Å². The fourth-order valence-corrected chi connectivity index (χ4v) is 1.71. The van der Waals surface area contributed by atoms with Crippen molar-refractivity contribution in [2.45, 2.75) is 6.42 Å². The van der Waals surface area contributed by atoms with E-state index in [0.29, 0.717) is 12.2 Å². The van der Waals surface area contributed by atoms with Gasteiger partial charge in [0.25, 0.3) is 5.91 Å². The van der Waals surface area contributed by atoms with Crippen molar-refractivity contribution in [1.82, 2.24) is 14.9 Å². The van der Waals surface area contributed by atoms with Gasteiger partial charge in [0.05, 0.1) is 12.5 Å². The zero-order valence-electron chi connectivity index (χ0n) is 7.81. The highest BCUT2D eigenvalue weighted by Gasteiger charge is 2.26. The number of nitrogens with zero attached hydrogens (tertiary/aromatic N) is 2. The largest absolute Gasteiger partial charge is 0.396 e. The number of aromatic amines is 1. The number of carbonyl (C=O) groups excluding carboxylic acids is 1. The van der Waals surface area contributed by atoms with Crippen molar-refractivity contribution in [3.8, 4) is 0 Å². The van der Waals surface area contributed by atoms with E-state index >= 15 is 0 Å². The molecular formula is C9H13N3O2. The standard InChI is InChI=1S/C9H13N3O2/c13-5-7-1-2-12(4-7)9(14)8-3-10-6-11-8/h3,6-7,13H,1-2,4-5H2,(H,10,11)/t7-/m1/s1. The van der Waals surface area contributed by atoms with Gasteiger partial charge in [-0.15, -0.1) is 0 Å². The van der Waals surface area contributed by atoms with Gasteiger partial charge in [-0.3, -0.25) is 4.79 Å². The predicted molar refractivity (Wildman–Crippen MR) is 49.7 cm³/mol. The van der Waals surface area contributed by atoms with Gasteiger partial charge in [-0.2, -0.15) is 0 Å². The lowest BCUT2D eigenvalue weighted by molar-refractivity contribution is 0.0776. The van der Waals surface area contributed by atoms with Crippen molar-refractivity contribution in [3.63, 3.8) is 0 Å². The Morgan fingerprint density at radius 3 is 3.21 bits per heavy atom. The lowest BCUT2D eigenvalue weighted by Gasteiger charge is -2.14. The van der Waals surface area contributed by atoms with Gasteiger partial charge in [-0.1, -0.05) is 0 Å². The Labute approximate surface area is 81.8 Å². The average molecular weight is 195 g/mol. The summed E-state index contributed by atoms with van der Waals surface area (Å²) in [7, 11) is 0. The van der Waals surface area contributed by atoms with Crippen LogP contribution >= 0.6 is 0 Å². The molecule has 1 atom stereocenters.